The molecular weight excluding hydrogens is 120 g/mol. The number of hydrogen-bond donors (Lipinski definition) is 3. The van der Waals surface area contributed by atoms with Gasteiger partial charge in [-0.05, 0) is 13.8 Å². The molecule has 0 aromatic heterocycles. The molecule has 0 aliphatic rings. The lowest BCUT2D eigenvalue weighted by Gasteiger charge is -2.21. The molecule has 0 amide bonds. The SMILES string of the molecule is COC(C)(C)C(=N)NO. The van der Waals surface area contributed by atoms with Crippen molar-refractivity contribution < 1.29 is 9.94 Å². The fourth-order valence-corrected chi connectivity index (χ4v) is 0.237. The minimum absolute atomic E-state index is 0.0509. The van der Waals surface area contributed by atoms with Crippen LogP contribution in [0.5, 0.6) is 0 Å². The lowest BCUT2D eigenvalue weighted by Crippen LogP contribution is -2.41. The molecule has 3 N–H and O–H groups in total. The Labute approximate surface area is 54.3 Å². The van der Waals surface area contributed by atoms with E-state index in [0.717, 1.165) is 0 Å². The van der Waals surface area contributed by atoms with Crippen LogP contribution in [-0.4, -0.2) is 23.8 Å². The quantitative estimate of drug-likeness (QED) is 0.289. The van der Waals surface area contributed by atoms with Crippen LogP contribution in [-0.2, 0) is 4.74 Å². The summed E-state index contributed by atoms with van der Waals surface area (Å²) in [6.07, 6.45) is 0. The normalized spacial score (nSPS) is 11.1. The smallest absolute Gasteiger partial charge is 0.149 e. The molecule has 0 fully saturated rings. The van der Waals surface area contributed by atoms with Crippen molar-refractivity contribution in [1.82, 2.24) is 5.48 Å². The molecule has 0 bridgehead atoms. The molecule has 0 aromatic rings. The van der Waals surface area contributed by atoms with Gasteiger partial charge in [0, 0.05) is 7.11 Å². The van der Waals surface area contributed by atoms with E-state index in [1.807, 2.05) is 0 Å². The van der Waals surface area contributed by atoms with Gasteiger partial charge in [-0.25, -0.2) is 0 Å². The summed E-state index contributed by atoms with van der Waals surface area (Å²) in [6.45, 7) is 3.36. The number of methoxy groups -OCH3 is 1. The number of hydroxylamine groups is 1. The van der Waals surface area contributed by atoms with Crippen molar-refractivity contribution in [3.63, 3.8) is 0 Å². The minimum atomic E-state index is -0.727. The van der Waals surface area contributed by atoms with E-state index in [4.69, 9.17) is 15.4 Å². The Morgan fingerprint density at radius 1 is 1.67 bits per heavy atom. The van der Waals surface area contributed by atoms with Crippen LogP contribution in [0.4, 0.5) is 0 Å². The van der Waals surface area contributed by atoms with Gasteiger partial charge in [0.15, 0.2) is 0 Å². The van der Waals surface area contributed by atoms with E-state index in [-0.39, 0.29) is 5.84 Å². The van der Waals surface area contributed by atoms with Crippen molar-refractivity contribution in [3.05, 3.63) is 0 Å². The Morgan fingerprint density at radius 3 is 2.22 bits per heavy atom. The predicted octanol–water partition coefficient (Wildman–Crippen LogP) is 0.367. The van der Waals surface area contributed by atoms with Crippen molar-refractivity contribution in [2.45, 2.75) is 19.4 Å². The van der Waals surface area contributed by atoms with Crippen LogP contribution in [0, 0.1) is 5.41 Å². The van der Waals surface area contributed by atoms with Gasteiger partial charge in [0.05, 0.1) is 0 Å². The average Bonchev–Trinajstić information content (AvgIpc) is 1.86. The monoisotopic (exact) mass is 132 g/mol. The molecule has 9 heavy (non-hydrogen) atoms. The Morgan fingerprint density at radius 2 is 2.11 bits per heavy atom. The topological polar surface area (TPSA) is 65.3 Å². The largest absolute Gasteiger partial charge is 0.371 e. The summed E-state index contributed by atoms with van der Waals surface area (Å²) in [4.78, 5) is 0. The van der Waals surface area contributed by atoms with Crippen LogP contribution >= 0.6 is 0 Å². The fourth-order valence-electron chi connectivity index (χ4n) is 0.237. The van der Waals surface area contributed by atoms with Crippen LogP contribution in [0.3, 0.4) is 0 Å². The van der Waals surface area contributed by atoms with E-state index in [2.05, 4.69) is 0 Å². The van der Waals surface area contributed by atoms with Gasteiger partial charge >= 0.3 is 0 Å². The van der Waals surface area contributed by atoms with Crippen molar-refractivity contribution in [2.24, 2.45) is 0 Å². The lowest BCUT2D eigenvalue weighted by molar-refractivity contribution is 0.0674. The molecule has 0 heterocycles. The summed E-state index contributed by atoms with van der Waals surface area (Å²) in [6, 6.07) is 0. The molecule has 4 heteroatoms. The predicted molar refractivity (Wildman–Crippen MR) is 33.7 cm³/mol. The van der Waals surface area contributed by atoms with Crippen molar-refractivity contribution in [3.8, 4) is 0 Å². The van der Waals surface area contributed by atoms with Gasteiger partial charge in [-0.15, -0.1) is 0 Å². The third kappa shape index (κ3) is 1.99. The zero-order valence-electron chi connectivity index (χ0n) is 5.86. The third-order valence-corrected chi connectivity index (χ3v) is 1.22. The Kier molecular flexibility index (Phi) is 2.61. The lowest BCUT2D eigenvalue weighted by atomic mass is 10.1. The third-order valence-electron chi connectivity index (χ3n) is 1.22. The van der Waals surface area contributed by atoms with Gasteiger partial charge < -0.3 is 4.74 Å². The number of ether oxygens (including phenoxy) is 1. The second kappa shape index (κ2) is 2.80. The van der Waals surface area contributed by atoms with Gasteiger partial charge in [0.2, 0.25) is 0 Å². The first kappa shape index (κ1) is 8.39. The second-order valence-corrected chi connectivity index (χ2v) is 2.20. The molecule has 0 unspecified atom stereocenters. The van der Waals surface area contributed by atoms with E-state index in [1.165, 1.54) is 7.11 Å². The summed E-state index contributed by atoms with van der Waals surface area (Å²) in [5.41, 5.74) is 0.987. The molecule has 0 saturated heterocycles. The van der Waals surface area contributed by atoms with Gasteiger partial charge in [0.25, 0.3) is 0 Å². The zero-order valence-corrected chi connectivity index (χ0v) is 5.86. The fraction of sp³-hybridized carbons (Fsp3) is 0.800. The molecule has 0 spiro atoms. The summed E-state index contributed by atoms with van der Waals surface area (Å²) >= 11 is 0. The van der Waals surface area contributed by atoms with Crippen LogP contribution in [0.2, 0.25) is 0 Å². The minimum Gasteiger partial charge on any atom is -0.371 e. The summed E-state index contributed by atoms with van der Waals surface area (Å²) in [5, 5.41) is 15.3. The molecule has 0 radical (unpaired) electrons. The van der Waals surface area contributed by atoms with Crippen LogP contribution in [0.1, 0.15) is 13.8 Å². The Balaban J connectivity index is 3.97. The molecule has 0 rings (SSSR count). The molecular formula is C5H12N2O2. The number of rotatable bonds is 2. The first-order valence-corrected chi connectivity index (χ1v) is 2.59. The van der Waals surface area contributed by atoms with E-state index < -0.39 is 5.60 Å². The standard InChI is InChI=1S/C5H12N2O2/c1-5(2,9-3)4(6)7-8/h8H,1-3H3,(H2,6,7). The maximum atomic E-state index is 8.25. The first-order chi connectivity index (χ1) is 4.04. The summed E-state index contributed by atoms with van der Waals surface area (Å²) < 4.78 is 4.84. The zero-order chi connectivity index (χ0) is 7.49. The van der Waals surface area contributed by atoms with E-state index in [9.17, 15) is 0 Å². The summed E-state index contributed by atoms with van der Waals surface area (Å²) in [5.74, 6) is -0.0509. The second-order valence-electron chi connectivity index (χ2n) is 2.20. The average molecular weight is 132 g/mol. The van der Waals surface area contributed by atoms with E-state index in [1.54, 1.807) is 19.3 Å². The molecule has 0 aliphatic carbocycles. The number of amidine groups is 1. The Hall–Kier alpha value is -0.610. The molecule has 0 saturated carbocycles. The molecule has 0 aliphatic heterocycles. The molecule has 54 valence electrons. The highest BCUT2D eigenvalue weighted by Gasteiger charge is 2.21. The van der Waals surface area contributed by atoms with Gasteiger partial charge in [-0.3, -0.25) is 16.1 Å². The number of hydrogen-bond acceptors (Lipinski definition) is 3. The Bertz CT molecular complexity index is 112. The highest BCUT2D eigenvalue weighted by atomic mass is 16.5. The maximum Gasteiger partial charge on any atom is 0.149 e. The highest BCUT2D eigenvalue weighted by Crippen LogP contribution is 2.05. The van der Waals surface area contributed by atoms with E-state index >= 15 is 0 Å². The van der Waals surface area contributed by atoms with Crippen LogP contribution < -0.4 is 5.48 Å². The van der Waals surface area contributed by atoms with Gasteiger partial charge in [-0.2, -0.15) is 0 Å². The maximum absolute atomic E-state index is 8.25. The van der Waals surface area contributed by atoms with E-state index in [0.29, 0.717) is 0 Å². The van der Waals surface area contributed by atoms with Crippen molar-refractivity contribution in [1.29, 1.82) is 5.41 Å². The molecule has 4 nitrogen and oxygen atoms in total. The van der Waals surface area contributed by atoms with Crippen molar-refractivity contribution in [2.75, 3.05) is 7.11 Å². The summed E-state index contributed by atoms with van der Waals surface area (Å²) in [7, 11) is 1.48. The highest BCUT2D eigenvalue weighted by molar-refractivity contribution is 5.85. The van der Waals surface area contributed by atoms with Gasteiger partial charge in [0.1, 0.15) is 11.4 Å². The van der Waals surface area contributed by atoms with Gasteiger partial charge in [-0.1, -0.05) is 0 Å². The van der Waals surface area contributed by atoms with Crippen molar-refractivity contribution >= 4 is 5.84 Å². The molecule has 0 aromatic carbocycles. The van der Waals surface area contributed by atoms with Crippen LogP contribution in [0.15, 0.2) is 0 Å². The molecule has 0 atom stereocenters. The number of nitrogens with one attached hydrogen (secondary N) is 2. The first-order valence-electron chi connectivity index (χ1n) is 2.59. The van der Waals surface area contributed by atoms with Crippen LogP contribution in [0.25, 0.3) is 0 Å².